The van der Waals surface area contributed by atoms with Crippen molar-refractivity contribution in [2.45, 2.75) is 26.4 Å². The highest BCUT2D eigenvalue weighted by Gasteiger charge is 2.23. The second-order valence-electron chi connectivity index (χ2n) is 5.33. The summed E-state index contributed by atoms with van der Waals surface area (Å²) in [5.41, 5.74) is 3.27. The van der Waals surface area contributed by atoms with Crippen molar-refractivity contribution in [3.05, 3.63) is 58.9 Å². The van der Waals surface area contributed by atoms with E-state index in [1.54, 1.807) is 6.07 Å². The Balaban J connectivity index is 1.63. The lowest BCUT2D eigenvalue weighted by Crippen LogP contribution is -2.22. The van der Waals surface area contributed by atoms with E-state index >= 15 is 0 Å². The maximum absolute atomic E-state index is 13.1. The van der Waals surface area contributed by atoms with Crippen LogP contribution in [0.1, 0.15) is 16.7 Å². The summed E-state index contributed by atoms with van der Waals surface area (Å²) in [6.07, 6.45) is 0.644. The smallest absolute Gasteiger partial charge is 0.137 e. The van der Waals surface area contributed by atoms with Crippen LogP contribution in [0.5, 0.6) is 11.5 Å². The fourth-order valence-electron chi connectivity index (χ4n) is 2.59. The Kier molecular flexibility index (Phi) is 3.35. The number of rotatable bonds is 3. The highest BCUT2D eigenvalue weighted by Crippen LogP contribution is 2.29. The first-order valence-corrected chi connectivity index (χ1v) is 6.76. The van der Waals surface area contributed by atoms with E-state index in [1.165, 1.54) is 23.3 Å². The molecular formula is C17H17FO2. The zero-order valence-electron chi connectivity index (χ0n) is 11.7. The van der Waals surface area contributed by atoms with Crippen molar-refractivity contribution < 1.29 is 13.9 Å². The van der Waals surface area contributed by atoms with Crippen LogP contribution in [0, 0.1) is 19.7 Å². The first-order chi connectivity index (χ1) is 9.60. The van der Waals surface area contributed by atoms with E-state index in [0.717, 1.165) is 17.1 Å². The van der Waals surface area contributed by atoms with Crippen LogP contribution in [0.15, 0.2) is 36.4 Å². The topological polar surface area (TPSA) is 18.5 Å². The van der Waals surface area contributed by atoms with Crippen LogP contribution in [0.3, 0.4) is 0 Å². The van der Waals surface area contributed by atoms with Gasteiger partial charge < -0.3 is 9.47 Å². The Hall–Kier alpha value is -2.03. The molecule has 1 unspecified atom stereocenters. The molecule has 2 aromatic rings. The summed E-state index contributed by atoms with van der Waals surface area (Å²) < 4.78 is 24.7. The van der Waals surface area contributed by atoms with Gasteiger partial charge in [-0.1, -0.05) is 6.07 Å². The molecule has 1 aliphatic heterocycles. The number of hydrogen-bond acceptors (Lipinski definition) is 2. The summed E-state index contributed by atoms with van der Waals surface area (Å²) in [7, 11) is 0. The Morgan fingerprint density at radius 1 is 1.15 bits per heavy atom. The number of fused-ring (bicyclic) bond motifs is 1. The Morgan fingerprint density at radius 2 is 1.90 bits per heavy atom. The molecular weight excluding hydrogens is 255 g/mol. The third kappa shape index (κ3) is 2.77. The molecule has 3 heteroatoms. The third-order valence-corrected chi connectivity index (χ3v) is 3.39. The van der Waals surface area contributed by atoms with Crippen molar-refractivity contribution >= 4 is 0 Å². The molecule has 0 saturated carbocycles. The predicted molar refractivity (Wildman–Crippen MR) is 75.9 cm³/mol. The zero-order chi connectivity index (χ0) is 14.1. The van der Waals surface area contributed by atoms with Gasteiger partial charge in [0, 0.05) is 12.0 Å². The molecule has 1 atom stereocenters. The quantitative estimate of drug-likeness (QED) is 0.845. The van der Waals surface area contributed by atoms with Crippen molar-refractivity contribution in [1.82, 2.24) is 0 Å². The van der Waals surface area contributed by atoms with Gasteiger partial charge in [-0.05, 0) is 55.3 Å². The lowest BCUT2D eigenvalue weighted by molar-refractivity contribution is 0.148. The minimum Gasteiger partial charge on any atom is -0.490 e. The average Bonchev–Trinajstić information content (AvgIpc) is 2.77. The molecule has 1 aliphatic rings. The molecule has 1 heterocycles. The van der Waals surface area contributed by atoms with Crippen molar-refractivity contribution in [1.29, 1.82) is 0 Å². The van der Waals surface area contributed by atoms with Gasteiger partial charge in [0.1, 0.15) is 30.0 Å². The van der Waals surface area contributed by atoms with Gasteiger partial charge in [-0.2, -0.15) is 0 Å². The van der Waals surface area contributed by atoms with E-state index in [9.17, 15) is 4.39 Å². The Bertz CT molecular complexity index is 617. The maximum atomic E-state index is 13.1. The predicted octanol–water partition coefficient (Wildman–Crippen LogP) is 3.83. The van der Waals surface area contributed by atoms with Gasteiger partial charge in [0.05, 0.1) is 0 Å². The summed E-state index contributed by atoms with van der Waals surface area (Å²) >= 11 is 0. The molecule has 0 N–H and O–H groups in total. The molecule has 0 bridgehead atoms. The molecule has 3 rings (SSSR count). The van der Waals surface area contributed by atoms with Gasteiger partial charge in [0.15, 0.2) is 0 Å². The monoisotopic (exact) mass is 272 g/mol. The fourth-order valence-corrected chi connectivity index (χ4v) is 2.59. The van der Waals surface area contributed by atoms with Crippen LogP contribution in [0.2, 0.25) is 0 Å². The maximum Gasteiger partial charge on any atom is 0.137 e. The normalized spacial score (nSPS) is 16.6. The lowest BCUT2D eigenvalue weighted by atomic mass is 10.1. The van der Waals surface area contributed by atoms with E-state index in [4.69, 9.17) is 9.47 Å². The van der Waals surface area contributed by atoms with Gasteiger partial charge in [-0.3, -0.25) is 0 Å². The minimum atomic E-state index is -0.219. The summed E-state index contributed by atoms with van der Waals surface area (Å²) in [6, 6.07) is 10.8. The van der Waals surface area contributed by atoms with Crippen molar-refractivity contribution in [3.63, 3.8) is 0 Å². The molecule has 0 aromatic heterocycles. The van der Waals surface area contributed by atoms with Crippen LogP contribution in [0.25, 0.3) is 0 Å². The highest BCUT2D eigenvalue weighted by atomic mass is 19.1. The number of halogens is 1. The second kappa shape index (κ2) is 5.16. The number of ether oxygens (including phenoxy) is 2. The number of benzene rings is 2. The summed E-state index contributed by atoms with van der Waals surface area (Å²) in [6.45, 7) is 4.56. The Labute approximate surface area is 118 Å². The molecule has 0 aliphatic carbocycles. The van der Waals surface area contributed by atoms with Crippen LogP contribution in [0.4, 0.5) is 4.39 Å². The second-order valence-corrected chi connectivity index (χ2v) is 5.33. The number of aryl methyl sites for hydroxylation is 2. The van der Waals surface area contributed by atoms with Gasteiger partial charge >= 0.3 is 0 Å². The van der Waals surface area contributed by atoms with Crippen LogP contribution in [-0.4, -0.2) is 12.7 Å². The molecule has 2 nitrogen and oxygen atoms in total. The van der Waals surface area contributed by atoms with Crippen molar-refractivity contribution in [3.8, 4) is 11.5 Å². The summed E-state index contributed by atoms with van der Waals surface area (Å²) in [5, 5.41) is 0. The molecule has 0 spiro atoms. The van der Waals surface area contributed by atoms with Gasteiger partial charge in [-0.25, -0.2) is 4.39 Å². The third-order valence-electron chi connectivity index (χ3n) is 3.39. The SMILES string of the molecule is Cc1cc(C)cc(OCC2Cc3cc(F)ccc3O2)c1. The van der Waals surface area contributed by atoms with E-state index in [2.05, 4.69) is 6.07 Å². The molecule has 0 radical (unpaired) electrons. The van der Waals surface area contributed by atoms with E-state index in [1.807, 2.05) is 26.0 Å². The number of hydrogen-bond donors (Lipinski definition) is 0. The first-order valence-electron chi connectivity index (χ1n) is 6.76. The highest BCUT2D eigenvalue weighted by molar-refractivity contribution is 5.38. The molecule has 2 aromatic carbocycles. The van der Waals surface area contributed by atoms with Crippen LogP contribution >= 0.6 is 0 Å². The average molecular weight is 272 g/mol. The van der Waals surface area contributed by atoms with E-state index in [0.29, 0.717) is 13.0 Å². The summed E-state index contributed by atoms with van der Waals surface area (Å²) in [5.74, 6) is 1.40. The largest absolute Gasteiger partial charge is 0.490 e. The van der Waals surface area contributed by atoms with Gasteiger partial charge in [0.25, 0.3) is 0 Å². The molecule has 0 fully saturated rings. The molecule has 104 valence electrons. The first kappa shape index (κ1) is 13.0. The van der Waals surface area contributed by atoms with Crippen molar-refractivity contribution in [2.24, 2.45) is 0 Å². The van der Waals surface area contributed by atoms with Gasteiger partial charge in [-0.15, -0.1) is 0 Å². The summed E-state index contributed by atoms with van der Waals surface area (Å²) in [4.78, 5) is 0. The zero-order valence-corrected chi connectivity index (χ0v) is 11.7. The van der Waals surface area contributed by atoms with Crippen LogP contribution < -0.4 is 9.47 Å². The van der Waals surface area contributed by atoms with Gasteiger partial charge in [0.2, 0.25) is 0 Å². The van der Waals surface area contributed by atoms with E-state index in [-0.39, 0.29) is 11.9 Å². The van der Waals surface area contributed by atoms with Crippen LogP contribution in [-0.2, 0) is 6.42 Å². The standard InChI is InChI=1S/C17H17FO2/c1-11-5-12(2)7-15(6-11)19-10-16-9-13-8-14(18)3-4-17(13)20-16/h3-8,16H,9-10H2,1-2H3. The minimum absolute atomic E-state index is 0.0485. The Morgan fingerprint density at radius 3 is 2.65 bits per heavy atom. The molecule has 0 saturated heterocycles. The lowest BCUT2D eigenvalue weighted by Gasteiger charge is -2.13. The molecule has 0 amide bonds. The van der Waals surface area contributed by atoms with Crippen molar-refractivity contribution in [2.75, 3.05) is 6.61 Å². The molecule has 20 heavy (non-hydrogen) atoms. The fraction of sp³-hybridized carbons (Fsp3) is 0.294. The van der Waals surface area contributed by atoms with E-state index < -0.39 is 0 Å².